The number of alkyl halides is 7. The molecule has 0 saturated heterocycles. The summed E-state index contributed by atoms with van der Waals surface area (Å²) in [7, 11) is 1.21. The van der Waals surface area contributed by atoms with Crippen molar-refractivity contribution in [1.82, 2.24) is 19.1 Å². The molecule has 0 aliphatic rings. The fourth-order valence-electron chi connectivity index (χ4n) is 3.86. The van der Waals surface area contributed by atoms with Gasteiger partial charge in [-0.1, -0.05) is 30.3 Å². The van der Waals surface area contributed by atoms with Crippen LogP contribution in [-0.4, -0.2) is 42.9 Å². The zero-order valence-corrected chi connectivity index (χ0v) is 19.8. The topological polar surface area (TPSA) is 102 Å². The first-order valence-corrected chi connectivity index (χ1v) is 11.1. The molecule has 0 amide bonds. The molecule has 0 aliphatic heterocycles. The van der Waals surface area contributed by atoms with Crippen LogP contribution in [-0.2, 0) is 26.1 Å². The Labute approximate surface area is 213 Å². The lowest BCUT2D eigenvalue weighted by atomic mass is 10.0. The van der Waals surface area contributed by atoms with Crippen LogP contribution in [0, 0.1) is 0 Å². The van der Waals surface area contributed by atoms with E-state index >= 15 is 0 Å². The Bertz CT molecular complexity index is 1610. The number of rotatable bonds is 8. The number of H-pyrrole nitrogens is 1. The van der Waals surface area contributed by atoms with Gasteiger partial charge in [0, 0.05) is 12.6 Å². The highest BCUT2D eigenvalue weighted by Crippen LogP contribution is 2.42. The van der Waals surface area contributed by atoms with Gasteiger partial charge >= 0.3 is 24.2 Å². The summed E-state index contributed by atoms with van der Waals surface area (Å²) in [5.41, 5.74) is -4.24. The Hall–Kier alpha value is -4.14. The van der Waals surface area contributed by atoms with Gasteiger partial charge in [0.05, 0.1) is 12.1 Å². The Morgan fingerprint density at radius 2 is 1.72 bits per heavy atom. The molecule has 0 aliphatic carbocycles. The maximum Gasteiger partial charge on any atom is 0.416 e. The van der Waals surface area contributed by atoms with E-state index in [2.05, 4.69) is 4.98 Å². The van der Waals surface area contributed by atoms with Crippen molar-refractivity contribution in [1.29, 1.82) is 0 Å². The smallest absolute Gasteiger partial charge is 0.416 e. The van der Waals surface area contributed by atoms with E-state index in [0.717, 1.165) is 10.6 Å². The third-order valence-electron chi connectivity index (χ3n) is 5.85. The molecule has 8 nitrogen and oxygen atoms in total. The van der Waals surface area contributed by atoms with Crippen LogP contribution in [0.1, 0.15) is 11.1 Å². The van der Waals surface area contributed by atoms with Crippen LogP contribution in [0.15, 0.2) is 58.1 Å². The number of nitrogens with one attached hydrogen (secondary N) is 1. The molecule has 2 N–H and O–H groups in total. The summed E-state index contributed by atoms with van der Waals surface area (Å²) in [4.78, 5) is 30.5. The molecule has 2 heterocycles. The van der Waals surface area contributed by atoms with Gasteiger partial charge in [0.1, 0.15) is 18.2 Å². The van der Waals surface area contributed by atoms with E-state index in [9.17, 15) is 45.4 Å². The highest BCUT2D eigenvalue weighted by atomic mass is 19.4. The van der Waals surface area contributed by atoms with Gasteiger partial charge in [-0.05, 0) is 23.8 Å². The van der Waals surface area contributed by atoms with Gasteiger partial charge in [-0.25, -0.2) is 18.6 Å². The largest absolute Gasteiger partial charge is 0.488 e. The van der Waals surface area contributed by atoms with Gasteiger partial charge in [0.25, 0.3) is 5.56 Å². The third kappa shape index (κ3) is 5.39. The molecular formula is C24H19F7N4O4. The predicted octanol–water partition coefficient (Wildman–Crippen LogP) is 3.95. The number of fused-ring (bicyclic) bond motifs is 1. The van der Waals surface area contributed by atoms with Crippen LogP contribution < -0.4 is 16.0 Å². The Morgan fingerprint density at radius 1 is 1.05 bits per heavy atom. The normalized spacial score (nSPS) is 13.3. The summed E-state index contributed by atoms with van der Waals surface area (Å²) in [6.07, 6.45) is -12.2. The molecule has 2 aromatic heterocycles. The van der Waals surface area contributed by atoms with Crippen molar-refractivity contribution in [2.75, 3.05) is 0 Å². The number of benzene rings is 2. The number of hydrogen-bond acceptors (Lipinski definition) is 5. The summed E-state index contributed by atoms with van der Waals surface area (Å²) in [6.45, 7) is -1.55. The average molecular weight is 560 g/mol. The molecule has 1 atom stereocenters. The van der Waals surface area contributed by atoms with Crippen LogP contribution in [0.4, 0.5) is 30.7 Å². The molecule has 0 bridgehead atoms. The van der Waals surface area contributed by atoms with Crippen molar-refractivity contribution >= 4 is 11.2 Å². The summed E-state index contributed by atoms with van der Waals surface area (Å²) in [5, 5.41) is 9.45. The Balaban J connectivity index is 1.85. The van der Waals surface area contributed by atoms with E-state index in [1.807, 2.05) is 4.98 Å². The average Bonchev–Trinajstić information content (AvgIpc) is 3.22. The maximum absolute atomic E-state index is 14.6. The lowest BCUT2D eigenvalue weighted by Gasteiger charge is -2.20. The first-order valence-electron chi connectivity index (χ1n) is 11.1. The molecule has 1 unspecified atom stereocenters. The maximum atomic E-state index is 14.6. The molecule has 15 heteroatoms. The molecule has 2 aromatic carbocycles. The summed E-state index contributed by atoms with van der Waals surface area (Å²) >= 11 is 0. The standard InChI is InChI=1S/C24H19F7N4O4/c1-34-17-19(35(22(38)33-20(17)37)10-16(36)24(29,30)31)32-18(34)13-7-8-15(14(9-13)23(27,28)21(25)26)39-11-12-5-3-2-4-6-12/h2-9,16,21,36H,10-11H2,1H3,(H,33,37,38). The fraction of sp³-hybridized carbons (Fsp3) is 0.292. The van der Waals surface area contributed by atoms with E-state index in [1.54, 1.807) is 30.3 Å². The molecule has 0 saturated carbocycles. The lowest BCUT2D eigenvalue weighted by Crippen LogP contribution is -2.39. The van der Waals surface area contributed by atoms with Crippen LogP contribution in [0.25, 0.3) is 22.6 Å². The summed E-state index contributed by atoms with van der Waals surface area (Å²) < 4.78 is 101. The molecule has 4 rings (SSSR count). The molecule has 0 fully saturated rings. The van der Waals surface area contributed by atoms with Gasteiger partial charge in [-0.3, -0.25) is 14.3 Å². The van der Waals surface area contributed by atoms with Crippen molar-refractivity contribution < 1.29 is 40.6 Å². The van der Waals surface area contributed by atoms with E-state index in [4.69, 9.17) is 4.74 Å². The fourth-order valence-corrected chi connectivity index (χ4v) is 3.86. The van der Waals surface area contributed by atoms with Crippen LogP contribution in [0.2, 0.25) is 0 Å². The van der Waals surface area contributed by atoms with Gasteiger partial charge < -0.3 is 14.4 Å². The first-order chi connectivity index (χ1) is 18.2. The number of aliphatic hydroxyl groups is 1. The van der Waals surface area contributed by atoms with Crippen LogP contribution >= 0.6 is 0 Å². The van der Waals surface area contributed by atoms with Crippen LogP contribution in [0.3, 0.4) is 0 Å². The predicted molar refractivity (Wildman–Crippen MR) is 124 cm³/mol. The molecule has 0 spiro atoms. The van der Waals surface area contributed by atoms with Crippen molar-refractivity contribution in [3.05, 3.63) is 80.5 Å². The van der Waals surface area contributed by atoms with Gasteiger partial charge in [0.15, 0.2) is 17.3 Å². The lowest BCUT2D eigenvalue weighted by molar-refractivity contribution is -0.207. The molecular weight excluding hydrogens is 541 g/mol. The second-order valence-corrected chi connectivity index (χ2v) is 8.50. The molecule has 208 valence electrons. The Morgan fingerprint density at radius 3 is 2.33 bits per heavy atom. The zero-order valence-electron chi connectivity index (χ0n) is 19.8. The number of halogens is 7. The number of aliphatic hydroxyl groups excluding tert-OH is 1. The van der Waals surface area contributed by atoms with E-state index in [0.29, 0.717) is 16.2 Å². The minimum absolute atomic E-state index is 0.220. The summed E-state index contributed by atoms with van der Waals surface area (Å²) in [6, 6.07) is 11.1. The molecule has 39 heavy (non-hydrogen) atoms. The van der Waals surface area contributed by atoms with Crippen LogP contribution in [0.5, 0.6) is 5.75 Å². The highest BCUT2D eigenvalue weighted by Gasteiger charge is 2.45. The molecule has 4 aromatic rings. The molecule has 0 radical (unpaired) electrons. The highest BCUT2D eigenvalue weighted by molar-refractivity contribution is 5.77. The van der Waals surface area contributed by atoms with E-state index in [-0.39, 0.29) is 18.0 Å². The number of imidazole rings is 1. The Kier molecular flexibility index (Phi) is 7.29. The van der Waals surface area contributed by atoms with Crippen molar-refractivity contribution in [3.8, 4) is 17.1 Å². The van der Waals surface area contributed by atoms with Crippen molar-refractivity contribution in [2.45, 2.75) is 37.8 Å². The summed E-state index contributed by atoms with van der Waals surface area (Å²) in [5.74, 6) is -5.55. The van der Waals surface area contributed by atoms with Gasteiger partial charge in [-0.2, -0.15) is 22.0 Å². The second-order valence-electron chi connectivity index (χ2n) is 8.50. The first kappa shape index (κ1) is 27.9. The number of aromatic amines is 1. The van der Waals surface area contributed by atoms with E-state index in [1.165, 1.54) is 13.1 Å². The van der Waals surface area contributed by atoms with Gasteiger partial charge in [-0.15, -0.1) is 0 Å². The van der Waals surface area contributed by atoms with Crippen molar-refractivity contribution in [3.63, 3.8) is 0 Å². The van der Waals surface area contributed by atoms with Crippen molar-refractivity contribution in [2.24, 2.45) is 7.05 Å². The number of aryl methyl sites for hydroxylation is 1. The zero-order chi connectivity index (χ0) is 28.7. The number of nitrogens with zero attached hydrogens (tertiary/aromatic N) is 3. The van der Waals surface area contributed by atoms with E-state index < -0.39 is 64.9 Å². The number of aromatic nitrogens is 4. The van der Waals surface area contributed by atoms with Gasteiger partial charge in [0.2, 0.25) is 0 Å². The quantitative estimate of drug-likeness (QED) is 0.318. The monoisotopic (exact) mass is 560 g/mol. The number of hydrogen-bond donors (Lipinski definition) is 2. The second kappa shape index (κ2) is 10.2. The number of ether oxygens (including phenoxy) is 1. The SMILES string of the molecule is Cn1c(-c2ccc(OCc3ccccc3)c(C(F)(F)C(F)F)c2)nc2c1c(=O)[nH]c(=O)n2CC(O)C(F)(F)F. The minimum atomic E-state index is -5.11. The third-order valence-corrected chi connectivity index (χ3v) is 5.85. The minimum Gasteiger partial charge on any atom is -0.488 e.